The fourth-order valence-electron chi connectivity index (χ4n) is 3.12. The number of hydrogen-bond acceptors (Lipinski definition) is 4. The van der Waals surface area contributed by atoms with Crippen molar-refractivity contribution in [3.8, 4) is 11.8 Å². The standard InChI is InChI=1S/C19H19NO3/c1-22-17-7-6-15-10-14(4-5-16(15)11-17)12-23-18(21)19(13-20)8-2-3-9-19/h4-7,10-11H,2-3,8-9,12H2,1H3. The van der Waals surface area contributed by atoms with Crippen LogP contribution >= 0.6 is 0 Å². The number of carbonyl (C=O) groups is 1. The molecule has 4 heteroatoms. The smallest absolute Gasteiger partial charge is 0.326 e. The average Bonchev–Trinajstić information content (AvgIpc) is 3.09. The third-order valence-electron chi connectivity index (χ3n) is 4.54. The van der Waals surface area contributed by atoms with E-state index in [9.17, 15) is 10.1 Å². The van der Waals surface area contributed by atoms with Gasteiger partial charge in [0.1, 0.15) is 12.4 Å². The molecule has 2 aromatic carbocycles. The van der Waals surface area contributed by atoms with E-state index in [4.69, 9.17) is 9.47 Å². The summed E-state index contributed by atoms with van der Waals surface area (Å²) >= 11 is 0. The van der Waals surface area contributed by atoms with Crippen LogP contribution in [0.4, 0.5) is 0 Å². The Morgan fingerprint density at radius 2 is 1.87 bits per heavy atom. The largest absolute Gasteiger partial charge is 0.497 e. The zero-order valence-electron chi connectivity index (χ0n) is 13.2. The number of rotatable bonds is 4. The first-order valence-corrected chi connectivity index (χ1v) is 7.82. The molecule has 0 saturated heterocycles. The van der Waals surface area contributed by atoms with Gasteiger partial charge in [0.05, 0.1) is 13.2 Å². The second-order valence-electron chi connectivity index (χ2n) is 6.02. The Morgan fingerprint density at radius 3 is 2.57 bits per heavy atom. The van der Waals surface area contributed by atoms with Gasteiger partial charge in [-0.3, -0.25) is 4.79 Å². The molecule has 1 saturated carbocycles. The molecular formula is C19H19NO3. The van der Waals surface area contributed by atoms with E-state index in [1.54, 1.807) is 7.11 Å². The summed E-state index contributed by atoms with van der Waals surface area (Å²) in [6, 6.07) is 13.9. The Hall–Kier alpha value is -2.54. The molecule has 0 bridgehead atoms. The highest BCUT2D eigenvalue weighted by Crippen LogP contribution is 2.38. The minimum absolute atomic E-state index is 0.199. The zero-order chi connectivity index (χ0) is 16.3. The van der Waals surface area contributed by atoms with Crippen molar-refractivity contribution in [3.63, 3.8) is 0 Å². The van der Waals surface area contributed by atoms with Crippen molar-refractivity contribution in [2.24, 2.45) is 5.41 Å². The number of benzene rings is 2. The Balaban J connectivity index is 1.72. The maximum Gasteiger partial charge on any atom is 0.326 e. The highest BCUT2D eigenvalue weighted by atomic mass is 16.5. The number of carbonyl (C=O) groups excluding carboxylic acids is 1. The Labute approximate surface area is 135 Å². The van der Waals surface area contributed by atoms with Crippen LogP contribution in [0.25, 0.3) is 10.8 Å². The second kappa shape index (κ2) is 6.29. The van der Waals surface area contributed by atoms with Gasteiger partial charge in [-0.2, -0.15) is 5.26 Å². The van der Waals surface area contributed by atoms with Crippen molar-refractivity contribution in [1.82, 2.24) is 0 Å². The van der Waals surface area contributed by atoms with Gasteiger partial charge >= 0.3 is 5.97 Å². The molecule has 4 nitrogen and oxygen atoms in total. The average molecular weight is 309 g/mol. The van der Waals surface area contributed by atoms with Gasteiger partial charge in [-0.05, 0) is 47.4 Å². The molecular weight excluding hydrogens is 290 g/mol. The summed E-state index contributed by atoms with van der Waals surface area (Å²) < 4.78 is 10.6. The lowest BCUT2D eigenvalue weighted by atomic mass is 9.88. The molecule has 0 atom stereocenters. The lowest BCUT2D eigenvalue weighted by Gasteiger charge is -2.18. The quantitative estimate of drug-likeness (QED) is 0.802. The van der Waals surface area contributed by atoms with E-state index in [1.807, 2.05) is 36.4 Å². The molecule has 2 aromatic rings. The van der Waals surface area contributed by atoms with E-state index >= 15 is 0 Å². The van der Waals surface area contributed by atoms with Gasteiger partial charge in [0.25, 0.3) is 0 Å². The van der Waals surface area contributed by atoms with Crippen LogP contribution in [0.3, 0.4) is 0 Å². The van der Waals surface area contributed by atoms with Crippen molar-refractivity contribution >= 4 is 16.7 Å². The first kappa shape index (κ1) is 15.4. The number of nitrogens with zero attached hydrogens (tertiary/aromatic N) is 1. The fourth-order valence-corrected chi connectivity index (χ4v) is 3.12. The van der Waals surface area contributed by atoms with E-state index in [-0.39, 0.29) is 12.6 Å². The minimum Gasteiger partial charge on any atom is -0.497 e. The third kappa shape index (κ3) is 3.00. The van der Waals surface area contributed by atoms with E-state index in [0.717, 1.165) is 34.9 Å². The second-order valence-corrected chi connectivity index (χ2v) is 6.02. The first-order chi connectivity index (χ1) is 11.2. The van der Waals surface area contributed by atoms with E-state index in [0.29, 0.717) is 12.8 Å². The topological polar surface area (TPSA) is 59.3 Å². The predicted molar refractivity (Wildman–Crippen MR) is 86.8 cm³/mol. The van der Waals surface area contributed by atoms with Crippen LogP contribution in [0.1, 0.15) is 31.2 Å². The van der Waals surface area contributed by atoms with Gasteiger partial charge in [-0.1, -0.05) is 31.0 Å². The summed E-state index contributed by atoms with van der Waals surface area (Å²) in [5.41, 5.74) is -0.00776. The summed E-state index contributed by atoms with van der Waals surface area (Å²) in [6.07, 6.45) is 3.06. The number of hydrogen-bond donors (Lipinski definition) is 0. The number of methoxy groups -OCH3 is 1. The minimum atomic E-state index is -0.926. The first-order valence-electron chi connectivity index (χ1n) is 7.82. The maximum atomic E-state index is 12.3. The molecule has 1 fully saturated rings. The van der Waals surface area contributed by atoms with Gasteiger partial charge in [0, 0.05) is 0 Å². The maximum absolute atomic E-state index is 12.3. The molecule has 0 aliphatic heterocycles. The van der Waals surface area contributed by atoms with Crippen molar-refractivity contribution in [3.05, 3.63) is 42.0 Å². The fraction of sp³-hybridized carbons (Fsp3) is 0.368. The monoisotopic (exact) mass is 309 g/mol. The summed E-state index contributed by atoms with van der Waals surface area (Å²) in [6.45, 7) is 0.199. The van der Waals surface area contributed by atoms with E-state index < -0.39 is 5.41 Å². The van der Waals surface area contributed by atoms with Crippen LogP contribution in [-0.2, 0) is 16.1 Å². The molecule has 1 aliphatic carbocycles. The molecule has 118 valence electrons. The lowest BCUT2D eigenvalue weighted by molar-refractivity contribution is -0.153. The number of nitriles is 1. The molecule has 0 N–H and O–H groups in total. The molecule has 0 aromatic heterocycles. The van der Waals surface area contributed by atoms with Gasteiger partial charge in [-0.25, -0.2) is 0 Å². The van der Waals surface area contributed by atoms with Crippen LogP contribution in [0.5, 0.6) is 5.75 Å². The summed E-state index contributed by atoms with van der Waals surface area (Å²) in [5, 5.41) is 11.5. The van der Waals surface area contributed by atoms with Crippen molar-refractivity contribution in [2.45, 2.75) is 32.3 Å². The summed E-state index contributed by atoms with van der Waals surface area (Å²) in [5.74, 6) is 0.432. The predicted octanol–water partition coefficient (Wildman–Crippen LogP) is 3.98. The van der Waals surface area contributed by atoms with Gasteiger partial charge < -0.3 is 9.47 Å². The van der Waals surface area contributed by atoms with Crippen LogP contribution < -0.4 is 4.74 Å². The summed E-state index contributed by atoms with van der Waals surface area (Å²) in [4.78, 5) is 12.3. The Morgan fingerprint density at radius 1 is 1.17 bits per heavy atom. The molecule has 0 radical (unpaired) electrons. The van der Waals surface area contributed by atoms with Crippen LogP contribution in [0.2, 0.25) is 0 Å². The number of esters is 1. The van der Waals surface area contributed by atoms with Crippen molar-refractivity contribution in [1.29, 1.82) is 5.26 Å². The van der Waals surface area contributed by atoms with Crippen LogP contribution in [-0.4, -0.2) is 13.1 Å². The molecule has 0 unspecified atom stereocenters. The summed E-state index contributed by atoms with van der Waals surface area (Å²) in [7, 11) is 1.64. The number of fused-ring (bicyclic) bond motifs is 1. The van der Waals surface area contributed by atoms with Crippen LogP contribution in [0.15, 0.2) is 36.4 Å². The highest BCUT2D eigenvalue weighted by molar-refractivity contribution is 5.84. The zero-order valence-corrected chi connectivity index (χ0v) is 13.2. The molecule has 0 amide bonds. The van der Waals surface area contributed by atoms with E-state index in [2.05, 4.69) is 6.07 Å². The van der Waals surface area contributed by atoms with Gasteiger partial charge in [0.2, 0.25) is 0 Å². The van der Waals surface area contributed by atoms with Crippen molar-refractivity contribution in [2.75, 3.05) is 7.11 Å². The number of ether oxygens (including phenoxy) is 2. The van der Waals surface area contributed by atoms with Crippen molar-refractivity contribution < 1.29 is 14.3 Å². The lowest BCUT2D eigenvalue weighted by Crippen LogP contribution is -2.28. The van der Waals surface area contributed by atoms with Gasteiger partial charge in [0.15, 0.2) is 5.41 Å². The Kier molecular flexibility index (Phi) is 4.20. The Bertz CT molecular complexity index is 770. The third-order valence-corrected chi connectivity index (χ3v) is 4.54. The SMILES string of the molecule is COc1ccc2cc(COC(=O)C3(C#N)CCCC3)ccc2c1. The molecule has 0 spiro atoms. The molecule has 1 aliphatic rings. The normalized spacial score (nSPS) is 16.0. The van der Waals surface area contributed by atoms with Crippen LogP contribution in [0, 0.1) is 16.7 Å². The molecule has 0 heterocycles. The van der Waals surface area contributed by atoms with Gasteiger partial charge in [-0.15, -0.1) is 0 Å². The molecule has 23 heavy (non-hydrogen) atoms. The van der Waals surface area contributed by atoms with E-state index in [1.165, 1.54) is 0 Å². The molecule has 3 rings (SSSR count). The highest BCUT2D eigenvalue weighted by Gasteiger charge is 2.43.